The van der Waals surface area contributed by atoms with Crippen LogP contribution in [-0.4, -0.2) is 25.5 Å². The zero-order valence-electron chi connectivity index (χ0n) is 17.4. The van der Waals surface area contributed by atoms with Gasteiger partial charge in [-0.1, -0.05) is 18.9 Å². The molecule has 8 heteroatoms. The monoisotopic (exact) mass is 433 g/mol. The molecule has 0 aliphatic heterocycles. The number of pyridine rings is 1. The molecule has 1 fully saturated rings. The Morgan fingerprint density at radius 1 is 1.23 bits per heavy atom. The third-order valence-electron chi connectivity index (χ3n) is 5.32. The summed E-state index contributed by atoms with van der Waals surface area (Å²) in [6.07, 6.45) is 5.89. The Morgan fingerprint density at radius 2 is 1.90 bits per heavy atom. The van der Waals surface area contributed by atoms with Gasteiger partial charge in [-0.2, -0.15) is 0 Å². The number of carbonyl (C=O) groups is 1. The summed E-state index contributed by atoms with van der Waals surface area (Å²) in [4.78, 5) is 15.2. The van der Waals surface area contributed by atoms with Crippen molar-refractivity contribution in [2.24, 2.45) is 5.92 Å². The van der Waals surface area contributed by atoms with E-state index in [2.05, 4.69) is 15.0 Å². The van der Waals surface area contributed by atoms with Crippen molar-refractivity contribution in [1.29, 1.82) is 0 Å². The third-order valence-corrected chi connectivity index (χ3v) is 6.97. The first-order chi connectivity index (χ1) is 14.1. The molecule has 2 atom stereocenters. The molecule has 0 radical (unpaired) electrons. The molecular formula is C22H28FN3O3S. The van der Waals surface area contributed by atoms with Crippen LogP contribution in [0.15, 0.2) is 42.7 Å². The molecule has 1 saturated carbocycles. The SMILES string of the molecule is CC(C)(C)[S+]([O-])NC(CCC1CC1)(c1ccncc1)c1ccc(F)c(NC(=O)O)c1. The van der Waals surface area contributed by atoms with Gasteiger partial charge in [0.05, 0.1) is 5.69 Å². The van der Waals surface area contributed by atoms with E-state index < -0.39 is 33.6 Å². The Balaban J connectivity index is 2.14. The van der Waals surface area contributed by atoms with E-state index in [0.29, 0.717) is 17.9 Å². The smallest absolute Gasteiger partial charge is 0.409 e. The lowest BCUT2D eigenvalue weighted by atomic mass is 9.79. The fraction of sp³-hybridized carbons (Fsp3) is 0.455. The van der Waals surface area contributed by atoms with E-state index in [-0.39, 0.29) is 5.69 Å². The Kier molecular flexibility index (Phi) is 6.69. The predicted molar refractivity (Wildman–Crippen MR) is 116 cm³/mol. The number of amides is 1. The van der Waals surface area contributed by atoms with Gasteiger partial charge in [-0.3, -0.25) is 10.3 Å². The first-order valence-corrected chi connectivity index (χ1v) is 11.2. The summed E-state index contributed by atoms with van der Waals surface area (Å²) in [5, 5.41) is 11.2. The Bertz CT molecular complexity index is 887. The van der Waals surface area contributed by atoms with Gasteiger partial charge in [0, 0.05) is 23.8 Å². The van der Waals surface area contributed by atoms with E-state index in [1.165, 1.54) is 25.0 Å². The molecule has 3 N–H and O–H groups in total. The average Bonchev–Trinajstić information content (AvgIpc) is 3.51. The van der Waals surface area contributed by atoms with Gasteiger partial charge in [0.1, 0.15) is 16.1 Å². The quantitative estimate of drug-likeness (QED) is 0.520. The number of carboxylic acid groups (broad SMARTS) is 1. The second-order valence-corrected chi connectivity index (χ2v) is 10.7. The minimum Gasteiger partial charge on any atom is -0.598 e. The van der Waals surface area contributed by atoms with Crippen LogP contribution in [0.3, 0.4) is 0 Å². The standard InChI is InChI=1S/C22H28FN3O3S/c1-21(2,3)30(29)26-22(11-8-15-4-5-15,16-9-12-24-13-10-16)17-6-7-18(23)19(14-17)25-20(27)28/h6-7,9-10,12-15,25-26H,4-5,8,11H2,1-3H3,(H,27,28). The topological polar surface area (TPSA) is 97.3 Å². The summed E-state index contributed by atoms with van der Waals surface area (Å²) in [5.74, 6) is -0.0444. The highest BCUT2D eigenvalue weighted by Gasteiger charge is 2.43. The van der Waals surface area contributed by atoms with E-state index in [4.69, 9.17) is 5.11 Å². The Labute approximate surface area is 179 Å². The molecule has 30 heavy (non-hydrogen) atoms. The largest absolute Gasteiger partial charge is 0.598 e. The van der Waals surface area contributed by atoms with Crippen molar-refractivity contribution in [2.75, 3.05) is 5.32 Å². The second-order valence-electron chi connectivity index (χ2n) is 8.73. The molecule has 1 aromatic heterocycles. The van der Waals surface area contributed by atoms with Gasteiger partial charge in [-0.25, -0.2) is 9.18 Å². The molecule has 1 amide bonds. The fourth-order valence-electron chi connectivity index (χ4n) is 3.40. The van der Waals surface area contributed by atoms with Crippen LogP contribution in [0, 0.1) is 11.7 Å². The number of aromatic nitrogens is 1. The van der Waals surface area contributed by atoms with Crippen LogP contribution in [0.4, 0.5) is 14.9 Å². The molecule has 6 nitrogen and oxygen atoms in total. The zero-order valence-corrected chi connectivity index (χ0v) is 18.3. The normalized spacial score (nSPS) is 17.2. The maximum atomic E-state index is 14.3. The van der Waals surface area contributed by atoms with Gasteiger partial charge < -0.3 is 9.66 Å². The molecule has 0 spiro atoms. The molecule has 1 aromatic carbocycles. The predicted octanol–water partition coefficient (Wildman–Crippen LogP) is 4.80. The van der Waals surface area contributed by atoms with Crippen molar-refractivity contribution in [3.8, 4) is 0 Å². The first-order valence-electron chi connectivity index (χ1n) is 10.0. The summed E-state index contributed by atoms with van der Waals surface area (Å²) in [6, 6.07) is 8.07. The van der Waals surface area contributed by atoms with E-state index >= 15 is 0 Å². The molecule has 0 saturated heterocycles. The molecule has 2 aromatic rings. The van der Waals surface area contributed by atoms with Gasteiger partial charge in [0.2, 0.25) is 0 Å². The molecule has 3 rings (SSSR count). The Morgan fingerprint density at radius 3 is 2.47 bits per heavy atom. The summed E-state index contributed by atoms with van der Waals surface area (Å²) >= 11 is -1.43. The maximum absolute atomic E-state index is 14.3. The minimum atomic E-state index is -1.43. The fourth-order valence-corrected chi connectivity index (χ4v) is 4.36. The highest BCUT2D eigenvalue weighted by Crippen LogP contribution is 2.42. The zero-order chi connectivity index (χ0) is 21.9. The lowest BCUT2D eigenvalue weighted by Crippen LogP contribution is -2.52. The Hall–Kier alpha value is -2.16. The van der Waals surface area contributed by atoms with E-state index in [1.807, 2.05) is 32.9 Å². The van der Waals surface area contributed by atoms with Crippen molar-refractivity contribution in [3.63, 3.8) is 0 Å². The number of nitrogens with one attached hydrogen (secondary N) is 2. The minimum absolute atomic E-state index is 0.131. The van der Waals surface area contributed by atoms with Crippen LogP contribution in [-0.2, 0) is 16.9 Å². The maximum Gasteiger partial charge on any atom is 0.409 e. The lowest BCUT2D eigenvalue weighted by molar-refractivity contribution is 0.209. The number of rotatable bonds is 8. The van der Waals surface area contributed by atoms with E-state index in [1.54, 1.807) is 18.5 Å². The molecule has 1 aliphatic rings. The molecular weight excluding hydrogens is 405 g/mol. The van der Waals surface area contributed by atoms with Crippen LogP contribution in [0.1, 0.15) is 57.6 Å². The summed E-state index contributed by atoms with van der Waals surface area (Å²) < 4.78 is 30.3. The summed E-state index contributed by atoms with van der Waals surface area (Å²) in [5.41, 5.74) is 0.487. The molecule has 1 aliphatic carbocycles. The molecule has 2 unspecified atom stereocenters. The van der Waals surface area contributed by atoms with Crippen LogP contribution >= 0.6 is 0 Å². The molecule has 0 bridgehead atoms. The number of nitrogens with zero attached hydrogens (tertiary/aromatic N) is 1. The van der Waals surface area contributed by atoms with Crippen molar-refractivity contribution in [2.45, 2.75) is 56.7 Å². The van der Waals surface area contributed by atoms with E-state index in [0.717, 1.165) is 12.0 Å². The van der Waals surface area contributed by atoms with Crippen molar-refractivity contribution >= 4 is 23.1 Å². The number of benzene rings is 1. The van der Waals surface area contributed by atoms with E-state index in [9.17, 15) is 13.7 Å². The van der Waals surface area contributed by atoms with Crippen molar-refractivity contribution in [3.05, 3.63) is 59.7 Å². The van der Waals surface area contributed by atoms with Crippen LogP contribution in [0.5, 0.6) is 0 Å². The number of hydrogen-bond donors (Lipinski definition) is 3. The van der Waals surface area contributed by atoms with Crippen LogP contribution < -0.4 is 10.0 Å². The highest BCUT2D eigenvalue weighted by molar-refractivity contribution is 7.90. The van der Waals surface area contributed by atoms with Gasteiger partial charge in [0.25, 0.3) is 0 Å². The highest BCUT2D eigenvalue weighted by atomic mass is 32.2. The number of hydrogen-bond acceptors (Lipinski definition) is 4. The third kappa shape index (κ3) is 5.30. The lowest BCUT2D eigenvalue weighted by Gasteiger charge is -2.38. The van der Waals surface area contributed by atoms with Gasteiger partial charge >= 0.3 is 6.09 Å². The van der Waals surface area contributed by atoms with Crippen LogP contribution in [0.25, 0.3) is 0 Å². The van der Waals surface area contributed by atoms with Crippen molar-refractivity contribution in [1.82, 2.24) is 9.71 Å². The van der Waals surface area contributed by atoms with Crippen molar-refractivity contribution < 1.29 is 18.8 Å². The molecule has 1 heterocycles. The van der Waals surface area contributed by atoms with Gasteiger partial charge in [-0.15, -0.1) is 4.72 Å². The second kappa shape index (κ2) is 8.91. The summed E-state index contributed by atoms with van der Waals surface area (Å²) in [7, 11) is 0. The van der Waals surface area contributed by atoms with Gasteiger partial charge in [0.15, 0.2) is 0 Å². The van der Waals surface area contributed by atoms with Gasteiger partial charge in [-0.05, 0) is 74.9 Å². The first kappa shape index (κ1) is 22.5. The molecule has 162 valence electrons. The average molecular weight is 434 g/mol. The number of halogens is 1. The number of anilines is 1. The van der Waals surface area contributed by atoms with Crippen LogP contribution in [0.2, 0.25) is 0 Å². The summed E-state index contributed by atoms with van der Waals surface area (Å²) in [6.45, 7) is 5.66.